The second-order valence-corrected chi connectivity index (χ2v) is 8.90. The fraction of sp³-hybridized carbons (Fsp3) is 0.231. The number of hydrogen-bond donors (Lipinski definition) is 0. The molecule has 0 aliphatic heterocycles. The number of oxazole rings is 1. The highest BCUT2D eigenvalue weighted by Crippen LogP contribution is 2.34. The average molecular weight is 397 g/mol. The number of nitrogens with zero attached hydrogens (tertiary/aromatic N) is 3. The molecule has 0 N–H and O–H groups in total. The number of para-hydroxylation sites is 2. The Morgan fingerprint density at radius 1 is 0.933 bits per heavy atom. The molecule has 4 nitrogen and oxygen atoms in total. The summed E-state index contributed by atoms with van der Waals surface area (Å²) in [6.45, 7) is 8.89. The van der Waals surface area contributed by atoms with E-state index in [1.165, 1.54) is 28.0 Å². The van der Waals surface area contributed by atoms with Gasteiger partial charge < -0.3 is 4.42 Å². The first-order chi connectivity index (χ1) is 14.3. The van der Waals surface area contributed by atoms with Crippen molar-refractivity contribution in [1.82, 2.24) is 9.55 Å². The molecule has 0 atom stereocenters. The smallest absolute Gasteiger partial charge is 0.290 e. The second kappa shape index (κ2) is 6.56. The van der Waals surface area contributed by atoms with Gasteiger partial charge in [0, 0.05) is 5.56 Å². The normalized spacial score (nSPS) is 12.2. The number of hydrogen-bond acceptors (Lipinski definition) is 2. The van der Waals surface area contributed by atoms with Gasteiger partial charge in [-0.05, 0) is 69.7 Å². The van der Waals surface area contributed by atoms with Crippen LogP contribution in [0.5, 0.6) is 0 Å². The van der Waals surface area contributed by atoms with Crippen LogP contribution in [0.1, 0.15) is 26.3 Å². The highest BCUT2D eigenvalue weighted by molar-refractivity contribution is 5.84. The molecule has 0 amide bonds. The topological polar surface area (TPSA) is 34.8 Å². The van der Waals surface area contributed by atoms with Crippen molar-refractivity contribution in [2.24, 2.45) is 7.05 Å². The predicted octanol–water partition coefficient (Wildman–Crippen LogP) is 6.00. The Kier molecular flexibility index (Phi) is 4.07. The number of imidazole rings is 1. The van der Waals surface area contributed by atoms with E-state index in [-0.39, 0.29) is 5.54 Å². The molecule has 3 aromatic carbocycles. The molecule has 4 heteroatoms. The van der Waals surface area contributed by atoms with Gasteiger partial charge in [-0.25, -0.2) is 14.1 Å². The molecule has 0 bridgehead atoms. The van der Waals surface area contributed by atoms with E-state index in [0.717, 1.165) is 16.7 Å². The van der Waals surface area contributed by atoms with E-state index in [1.54, 1.807) is 0 Å². The van der Waals surface area contributed by atoms with Crippen molar-refractivity contribution in [2.75, 3.05) is 0 Å². The lowest BCUT2D eigenvalue weighted by atomic mass is 10.0. The monoisotopic (exact) mass is 396 g/mol. The lowest BCUT2D eigenvalue weighted by Crippen LogP contribution is -2.33. The molecule has 2 aromatic heterocycles. The predicted molar refractivity (Wildman–Crippen MR) is 121 cm³/mol. The Hall–Kier alpha value is -3.40. The van der Waals surface area contributed by atoms with E-state index < -0.39 is 0 Å². The third-order valence-corrected chi connectivity index (χ3v) is 5.68. The van der Waals surface area contributed by atoms with Gasteiger partial charge in [-0.1, -0.05) is 30.3 Å². The first-order valence-corrected chi connectivity index (χ1v) is 10.3. The molecule has 0 radical (unpaired) electrons. The Labute approximate surface area is 176 Å². The largest absolute Gasteiger partial charge is 0.436 e. The Morgan fingerprint density at radius 3 is 2.37 bits per heavy atom. The fourth-order valence-electron chi connectivity index (χ4n) is 4.32. The summed E-state index contributed by atoms with van der Waals surface area (Å²) in [6.07, 6.45) is 0. The number of fused-ring (bicyclic) bond motifs is 2. The summed E-state index contributed by atoms with van der Waals surface area (Å²) < 4.78 is 10.8. The summed E-state index contributed by atoms with van der Waals surface area (Å²) >= 11 is 0. The van der Waals surface area contributed by atoms with Gasteiger partial charge in [0.2, 0.25) is 5.89 Å². The molecule has 30 heavy (non-hydrogen) atoms. The zero-order valence-electron chi connectivity index (χ0n) is 18.1. The zero-order chi connectivity index (χ0) is 21.0. The lowest BCUT2D eigenvalue weighted by molar-refractivity contribution is -0.634. The van der Waals surface area contributed by atoms with E-state index in [2.05, 4.69) is 80.3 Å². The first-order valence-electron chi connectivity index (χ1n) is 10.3. The minimum absolute atomic E-state index is 0.0728. The van der Waals surface area contributed by atoms with E-state index in [1.807, 2.05) is 30.3 Å². The third kappa shape index (κ3) is 2.83. The molecule has 150 valence electrons. The van der Waals surface area contributed by atoms with Gasteiger partial charge in [0.25, 0.3) is 5.82 Å². The molecule has 5 aromatic rings. The fourth-order valence-corrected chi connectivity index (χ4v) is 4.32. The molecule has 0 saturated carbocycles. The molecule has 5 rings (SSSR count). The lowest BCUT2D eigenvalue weighted by Gasteiger charge is -2.18. The van der Waals surface area contributed by atoms with Gasteiger partial charge in [0.15, 0.2) is 16.6 Å². The van der Waals surface area contributed by atoms with Crippen molar-refractivity contribution in [1.29, 1.82) is 0 Å². The Balaban J connectivity index is 1.79. The van der Waals surface area contributed by atoms with Crippen molar-refractivity contribution in [3.63, 3.8) is 0 Å². The SMILES string of the molecule is Cc1cc2oc(-c3ccccc3)nc2cc1-c1n(C(C)(C)C)c2ccccc2[n+]1C. The molecular formula is C26H26N3O+. The maximum Gasteiger partial charge on any atom is 0.290 e. The molecule has 0 unspecified atom stereocenters. The minimum Gasteiger partial charge on any atom is -0.436 e. The van der Waals surface area contributed by atoms with Gasteiger partial charge in [0.1, 0.15) is 11.1 Å². The number of aromatic nitrogens is 3. The van der Waals surface area contributed by atoms with Crippen LogP contribution in [0.4, 0.5) is 0 Å². The molecule has 0 aliphatic rings. The molecule has 0 spiro atoms. The first kappa shape index (κ1) is 18.6. The third-order valence-electron chi connectivity index (χ3n) is 5.68. The van der Waals surface area contributed by atoms with E-state index >= 15 is 0 Å². The van der Waals surface area contributed by atoms with E-state index in [9.17, 15) is 0 Å². The Morgan fingerprint density at radius 2 is 1.63 bits per heavy atom. The summed E-state index contributed by atoms with van der Waals surface area (Å²) in [6, 6.07) is 22.9. The summed E-state index contributed by atoms with van der Waals surface area (Å²) in [5, 5.41) is 0. The average Bonchev–Trinajstić information content (AvgIpc) is 3.26. The second-order valence-electron chi connectivity index (χ2n) is 8.90. The van der Waals surface area contributed by atoms with Crippen molar-refractivity contribution in [3.8, 4) is 22.8 Å². The van der Waals surface area contributed by atoms with Gasteiger partial charge in [-0.3, -0.25) is 0 Å². The van der Waals surface area contributed by atoms with E-state index in [0.29, 0.717) is 5.89 Å². The van der Waals surface area contributed by atoms with Crippen LogP contribution >= 0.6 is 0 Å². The van der Waals surface area contributed by atoms with Crippen LogP contribution in [0.3, 0.4) is 0 Å². The molecule has 0 aliphatic carbocycles. The van der Waals surface area contributed by atoms with Crippen LogP contribution < -0.4 is 4.57 Å². The Bertz CT molecular complexity index is 1390. The van der Waals surface area contributed by atoms with Crippen LogP contribution in [-0.4, -0.2) is 9.55 Å². The summed E-state index contributed by atoms with van der Waals surface area (Å²) in [5.41, 5.74) is 7.39. The highest BCUT2D eigenvalue weighted by atomic mass is 16.3. The zero-order valence-corrected chi connectivity index (χ0v) is 18.1. The summed E-state index contributed by atoms with van der Waals surface area (Å²) in [4.78, 5) is 4.80. The van der Waals surface area contributed by atoms with Crippen LogP contribution in [0.2, 0.25) is 0 Å². The van der Waals surface area contributed by atoms with Crippen molar-refractivity contribution in [3.05, 3.63) is 72.3 Å². The molecule has 0 saturated heterocycles. The summed E-state index contributed by atoms with van der Waals surface area (Å²) in [5.74, 6) is 1.83. The molecule has 2 heterocycles. The highest BCUT2D eigenvalue weighted by Gasteiger charge is 2.33. The number of benzene rings is 3. The standard InChI is InChI=1S/C26H26N3O/c1-17-15-23-20(27-24(30-23)18-11-7-6-8-12-18)16-19(17)25-28(5)21-13-9-10-14-22(21)29(25)26(2,3)4/h6-16H,1-5H3/q+1. The van der Waals surface area contributed by atoms with Gasteiger partial charge in [0.05, 0.1) is 12.6 Å². The van der Waals surface area contributed by atoms with Crippen LogP contribution in [0.15, 0.2) is 71.1 Å². The van der Waals surface area contributed by atoms with Crippen LogP contribution in [0.25, 0.3) is 45.0 Å². The molecule has 0 fully saturated rings. The van der Waals surface area contributed by atoms with Crippen LogP contribution in [-0.2, 0) is 12.6 Å². The maximum absolute atomic E-state index is 6.09. The number of rotatable bonds is 2. The van der Waals surface area contributed by atoms with Crippen molar-refractivity contribution < 1.29 is 8.98 Å². The number of aryl methyl sites for hydroxylation is 2. The minimum atomic E-state index is -0.0728. The van der Waals surface area contributed by atoms with Crippen molar-refractivity contribution in [2.45, 2.75) is 33.2 Å². The van der Waals surface area contributed by atoms with Crippen LogP contribution in [0, 0.1) is 6.92 Å². The van der Waals surface area contributed by atoms with Crippen molar-refractivity contribution >= 4 is 22.1 Å². The van der Waals surface area contributed by atoms with Gasteiger partial charge >= 0.3 is 0 Å². The summed E-state index contributed by atoms with van der Waals surface area (Å²) in [7, 11) is 2.14. The molecular weight excluding hydrogens is 370 g/mol. The van der Waals surface area contributed by atoms with Gasteiger partial charge in [-0.2, -0.15) is 0 Å². The van der Waals surface area contributed by atoms with Gasteiger partial charge in [-0.15, -0.1) is 0 Å². The quantitative estimate of drug-likeness (QED) is 0.343. The maximum atomic E-state index is 6.09. The van der Waals surface area contributed by atoms with E-state index in [4.69, 9.17) is 9.40 Å².